The summed E-state index contributed by atoms with van der Waals surface area (Å²) in [4.78, 5) is 62.5. The van der Waals surface area contributed by atoms with Crippen LogP contribution in [0.5, 0.6) is 0 Å². The molecule has 0 aromatic heterocycles. The van der Waals surface area contributed by atoms with Crippen LogP contribution in [0.1, 0.15) is 27.1 Å². The van der Waals surface area contributed by atoms with E-state index in [4.69, 9.17) is 92.8 Å². The van der Waals surface area contributed by atoms with E-state index in [2.05, 4.69) is 0 Å². The maximum absolute atomic E-state index is 14.2. The second-order valence-corrected chi connectivity index (χ2v) is 14.0. The van der Waals surface area contributed by atoms with Gasteiger partial charge in [0.1, 0.15) is 15.8 Å². The van der Waals surface area contributed by atoms with E-state index in [1.807, 2.05) is 0 Å². The maximum atomic E-state index is 14.2. The van der Waals surface area contributed by atoms with Crippen molar-refractivity contribution in [1.82, 2.24) is 10.0 Å². The minimum atomic E-state index is -2.23. The Morgan fingerprint density at radius 2 is 1.33 bits per heavy atom. The van der Waals surface area contributed by atoms with E-state index in [0.717, 1.165) is 24.3 Å². The van der Waals surface area contributed by atoms with Crippen molar-refractivity contribution >= 4 is 122 Å². The van der Waals surface area contributed by atoms with Crippen LogP contribution in [0.3, 0.4) is 0 Å². The van der Waals surface area contributed by atoms with Gasteiger partial charge >= 0.3 is 0 Å². The van der Waals surface area contributed by atoms with Crippen LogP contribution in [0.4, 0.5) is 5.69 Å². The third kappa shape index (κ3) is 4.41. The molecule has 1 saturated heterocycles. The van der Waals surface area contributed by atoms with Gasteiger partial charge in [0.05, 0.1) is 26.8 Å². The molecule has 5 atom stereocenters. The minimum absolute atomic E-state index is 0.0799. The Morgan fingerprint density at radius 1 is 0.860 bits per heavy atom. The lowest BCUT2D eigenvalue weighted by atomic mass is 9.84. The van der Waals surface area contributed by atoms with Crippen molar-refractivity contribution in [1.29, 1.82) is 0 Å². The summed E-state index contributed by atoms with van der Waals surface area (Å²) < 4.78 is -2.23. The standard InChI is InChI=1S/C26H15Cl8N3O6/c27-10-9-15(18(38)11-1-5-13(28)6-2-11)35(21(39)12-3-7-14(8-4-12)37(42)43)36-22(40)16-17(23(36)41)25(32)20(30)19(29)24(16,31)26(25,33)34/h1-8,15-17H,9-10H2/t15-,16-,17-,24+,25+/m0/s1. The molecule has 43 heavy (non-hydrogen) atoms. The number of hydrazine groups is 1. The number of carbonyl (C=O) groups is 4. The fraction of sp³-hybridized carbons (Fsp3) is 0.308. The van der Waals surface area contributed by atoms with Crippen molar-refractivity contribution in [3.63, 3.8) is 0 Å². The predicted octanol–water partition coefficient (Wildman–Crippen LogP) is 6.93. The number of benzene rings is 2. The number of hydrogen-bond donors (Lipinski definition) is 0. The lowest BCUT2D eigenvalue weighted by Gasteiger charge is -2.39. The third-order valence-electron chi connectivity index (χ3n) is 7.74. The molecule has 2 aromatic rings. The molecule has 1 saturated carbocycles. The van der Waals surface area contributed by atoms with E-state index in [1.54, 1.807) is 0 Å². The number of rotatable bonds is 8. The first-order valence-electron chi connectivity index (χ1n) is 12.2. The topological polar surface area (TPSA) is 118 Å². The Hall–Kier alpha value is -1.82. The first-order chi connectivity index (χ1) is 20.1. The fourth-order valence-electron chi connectivity index (χ4n) is 5.70. The Bertz CT molecular complexity index is 1570. The Morgan fingerprint density at radius 3 is 1.77 bits per heavy atom. The van der Waals surface area contributed by atoms with Crippen molar-refractivity contribution < 1.29 is 24.1 Å². The summed E-state index contributed by atoms with van der Waals surface area (Å²) in [5.41, 5.74) is -0.452. The van der Waals surface area contributed by atoms with Crippen LogP contribution in [0.15, 0.2) is 58.6 Å². The quantitative estimate of drug-likeness (QED) is 0.0951. The molecular weight excluding hydrogens is 734 g/mol. The molecule has 9 nitrogen and oxygen atoms in total. The van der Waals surface area contributed by atoms with Crippen LogP contribution in [-0.4, -0.2) is 64.4 Å². The molecule has 5 rings (SSSR count). The average Bonchev–Trinajstić information content (AvgIpc) is 3.35. The Kier molecular flexibility index (Phi) is 8.49. The summed E-state index contributed by atoms with van der Waals surface area (Å²) in [7, 11) is 0. The van der Waals surface area contributed by atoms with Gasteiger partial charge in [0.25, 0.3) is 23.4 Å². The number of carbonyl (C=O) groups excluding carboxylic acids is 4. The molecule has 2 bridgehead atoms. The average molecular weight is 749 g/mol. The fourth-order valence-corrected chi connectivity index (χ4v) is 8.96. The first-order valence-corrected chi connectivity index (χ1v) is 15.4. The molecule has 0 spiro atoms. The number of halogens is 8. The van der Waals surface area contributed by atoms with E-state index in [1.165, 1.54) is 24.3 Å². The number of nitro benzene ring substituents is 1. The van der Waals surface area contributed by atoms with Crippen molar-refractivity contribution in [3.05, 3.63) is 84.9 Å². The number of fused-ring (bicyclic) bond motifs is 5. The predicted molar refractivity (Wildman–Crippen MR) is 163 cm³/mol. The second-order valence-electron chi connectivity index (χ2n) is 9.89. The van der Waals surface area contributed by atoms with Gasteiger partial charge < -0.3 is 0 Å². The normalized spacial score (nSPS) is 27.9. The molecule has 2 fully saturated rings. The van der Waals surface area contributed by atoms with Crippen LogP contribution in [0.25, 0.3) is 0 Å². The van der Waals surface area contributed by atoms with E-state index in [0.29, 0.717) is 15.0 Å². The van der Waals surface area contributed by atoms with Crippen LogP contribution < -0.4 is 0 Å². The largest absolute Gasteiger partial charge is 0.292 e. The van der Waals surface area contributed by atoms with Crippen LogP contribution in [-0.2, 0) is 9.59 Å². The zero-order valence-corrected chi connectivity index (χ0v) is 27.1. The number of nitrogens with zero attached hydrogens (tertiary/aromatic N) is 3. The molecule has 1 heterocycles. The van der Waals surface area contributed by atoms with Gasteiger partial charge in [0, 0.05) is 34.2 Å². The molecule has 2 aliphatic carbocycles. The van der Waals surface area contributed by atoms with Crippen molar-refractivity contribution in [3.8, 4) is 0 Å². The zero-order chi connectivity index (χ0) is 31.8. The highest BCUT2D eigenvalue weighted by Gasteiger charge is 2.88. The molecule has 1 aliphatic heterocycles. The summed E-state index contributed by atoms with van der Waals surface area (Å²) in [5, 5.41) is 11.9. The van der Waals surface area contributed by atoms with Gasteiger partial charge in [0.15, 0.2) is 10.1 Å². The van der Waals surface area contributed by atoms with E-state index in [-0.39, 0.29) is 39.2 Å². The summed E-state index contributed by atoms with van der Waals surface area (Å²) in [6.07, 6.45) is -0.235. The molecule has 3 aliphatic rings. The number of hydrogen-bond acceptors (Lipinski definition) is 6. The molecule has 0 radical (unpaired) electrons. The summed E-state index contributed by atoms with van der Waals surface area (Å²) in [5.74, 6) is -7.30. The molecule has 3 amide bonds. The summed E-state index contributed by atoms with van der Waals surface area (Å²) in [6, 6.07) is 8.43. The molecule has 2 aromatic carbocycles. The van der Waals surface area contributed by atoms with Gasteiger partial charge in [-0.15, -0.1) is 34.8 Å². The first kappa shape index (κ1) is 32.6. The molecule has 0 N–H and O–H groups in total. The monoisotopic (exact) mass is 745 g/mol. The van der Waals surface area contributed by atoms with Gasteiger partial charge in [-0.3, -0.25) is 29.3 Å². The highest BCUT2D eigenvalue weighted by atomic mass is 35.5. The highest BCUT2D eigenvalue weighted by Crippen LogP contribution is 2.77. The minimum Gasteiger partial charge on any atom is -0.292 e. The van der Waals surface area contributed by atoms with Crippen LogP contribution in [0.2, 0.25) is 5.02 Å². The number of allylic oxidation sites excluding steroid dienone is 2. The molecule has 17 heteroatoms. The molecule has 0 unspecified atom stereocenters. The van der Waals surface area contributed by atoms with E-state index >= 15 is 0 Å². The number of amides is 3. The smallest absolute Gasteiger partial charge is 0.273 e. The summed E-state index contributed by atoms with van der Waals surface area (Å²) >= 11 is 51.6. The lowest BCUT2D eigenvalue weighted by molar-refractivity contribution is -0.384. The zero-order valence-electron chi connectivity index (χ0n) is 21.1. The maximum Gasteiger partial charge on any atom is 0.273 e. The lowest BCUT2D eigenvalue weighted by Crippen LogP contribution is -2.60. The van der Waals surface area contributed by atoms with Gasteiger partial charge in [-0.25, -0.2) is 5.01 Å². The van der Waals surface area contributed by atoms with E-state index in [9.17, 15) is 29.3 Å². The SMILES string of the molecule is O=C(c1ccc(Cl)cc1)[C@H](CCCl)N(C(=O)c1ccc([N+](=O)[O-])cc1)N1C(=O)[C@@H]2[C@@H](C1=O)[C@@]1(Cl)C(Cl)=C(Cl)[C@@]2(Cl)C1(Cl)Cl. The van der Waals surface area contributed by atoms with Crippen LogP contribution in [0, 0.1) is 22.0 Å². The number of ketones is 1. The van der Waals surface area contributed by atoms with Crippen molar-refractivity contribution in [2.24, 2.45) is 11.8 Å². The third-order valence-corrected chi connectivity index (χ3v) is 12.5. The van der Waals surface area contributed by atoms with Gasteiger partial charge in [-0.1, -0.05) is 58.0 Å². The summed E-state index contributed by atoms with van der Waals surface area (Å²) in [6.45, 7) is 0. The van der Waals surface area contributed by atoms with Crippen LogP contribution >= 0.6 is 92.8 Å². The number of non-ortho nitro benzene ring substituents is 1. The Labute approximate surface area is 283 Å². The Balaban J connectivity index is 1.67. The van der Waals surface area contributed by atoms with Crippen molar-refractivity contribution in [2.75, 3.05) is 5.88 Å². The number of alkyl halides is 5. The highest BCUT2D eigenvalue weighted by molar-refractivity contribution is 6.66. The van der Waals surface area contributed by atoms with E-state index < -0.39 is 60.4 Å². The van der Waals surface area contributed by atoms with Gasteiger partial charge in [-0.05, 0) is 42.8 Å². The molecular formula is C26H15Cl8N3O6. The van der Waals surface area contributed by atoms with Gasteiger partial charge in [-0.2, -0.15) is 5.01 Å². The number of Topliss-reactive ketones (excluding diaryl/α,β-unsaturated/α-hetero) is 1. The second kappa shape index (κ2) is 11.2. The van der Waals surface area contributed by atoms with Gasteiger partial charge in [0.2, 0.25) is 0 Å². The number of imide groups is 1. The van der Waals surface area contributed by atoms with Crippen molar-refractivity contribution in [2.45, 2.75) is 26.5 Å². The number of nitro groups is 1. The molecule has 226 valence electrons.